The fourth-order valence-electron chi connectivity index (χ4n) is 2.26. The van der Waals surface area contributed by atoms with Crippen LogP contribution in [0.25, 0.3) is 0 Å². The van der Waals surface area contributed by atoms with Crippen molar-refractivity contribution in [3.8, 4) is 0 Å². The Kier molecular flexibility index (Phi) is 3.60. The van der Waals surface area contributed by atoms with Crippen LogP contribution in [-0.4, -0.2) is 0 Å². The van der Waals surface area contributed by atoms with Gasteiger partial charge in [-0.1, -0.05) is 51.8 Å². The van der Waals surface area contributed by atoms with Crippen LogP contribution in [0.3, 0.4) is 0 Å². The van der Waals surface area contributed by atoms with Gasteiger partial charge < -0.3 is 5.73 Å². The molecule has 0 amide bonds. The number of hydrogen-bond acceptors (Lipinski definition) is 1. The summed E-state index contributed by atoms with van der Waals surface area (Å²) >= 11 is 3.50. The molecule has 0 aliphatic rings. The third-order valence-corrected chi connectivity index (χ3v) is 3.87. The van der Waals surface area contributed by atoms with Gasteiger partial charge in [-0.3, -0.25) is 0 Å². The molecule has 0 aromatic heterocycles. The Morgan fingerprint density at radius 3 is 2.44 bits per heavy atom. The molecule has 1 nitrogen and oxygen atoms in total. The molecule has 0 saturated heterocycles. The molecule has 0 radical (unpaired) electrons. The van der Waals surface area contributed by atoms with Gasteiger partial charge in [-0.2, -0.15) is 0 Å². The fraction of sp³-hybridized carbons (Fsp3) is 0.250. The minimum absolute atomic E-state index is 0.472. The summed E-state index contributed by atoms with van der Waals surface area (Å²) in [5.41, 5.74) is 10.9. The van der Waals surface area contributed by atoms with Crippen LogP contribution < -0.4 is 5.73 Å². The lowest BCUT2D eigenvalue weighted by Gasteiger charge is -2.28. The molecular formula is C16H18BrN. The molecule has 0 aliphatic carbocycles. The Morgan fingerprint density at radius 1 is 1.06 bits per heavy atom. The van der Waals surface area contributed by atoms with Gasteiger partial charge >= 0.3 is 0 Å². The van der Waals surface area contributed by atoms with Gasteiger partial charge in [0.25, 0.3) is 0 Å². The van der Waals surface area contributed by atoms with Crippen LogP contribution in [-0.2, 0) is 5.54 Å². The monoisotopic (exact) mass is 303 g/mol. The molecule has 0 bridgehead atoms. The van der Waals surface area contributed by atoms with E-state index in [1.54, 1.807) is 0 Å². The number of halogens is 1. The lowest BCUT2D eigenvalue weighted by atomic mass is 9.82. The summed E-state index contributed by atoms with van der Waals surface area (Å²) in [7, 11) is 0. The molecule has 1 unspecified atom stereocenters. The van der Waals surface area contributed by atoms with E-state index >= 15 is 0 Å². The maximum Gasteiger partial charge on any atom is 0.0639 e. The molecule has 18 heavy (non-hydrogen) atoms. The third kappa shape index (κ3) is 2.50. The minimum Gasteiger partial charge on any atom is -0.318 e. The van der Waals surface area contributed by atoms with E-state index in [0.29, 0.717) is 0 Å². The minimum atomic E-state index is -0.472. The Balaban J connectivity index is 2.57. The van der Waals surface area contributed by atoms with E-state index in [0.717, 1.165) is 10.0 Å². The first-order valence-electron chi connectivity index (χ1n) is 6.04. The van der Waals surface area contributed by atoms with Crippen molar-refractivity contribution >= 4 is 15.9 Å². The first kappa shape index (κ1) is 13.3. The summed E-state index contributed by atoms with van der Waals surface area (Å²) in [6, 6.07) is 14.6. The Bertz CT molecular complexity index is 573. The smallest absolute Gasteiger partial charge is 0.0639 e. The SMILES string of the molecule is Cc1ccc(C)c(C(C)(N)c2cccc(Br)c2)c1. The number of rotatable bonds is 2. The van der Waals surface area contributed by atoms with E-state index in [2.05, 4.69) is 67.0 Å². The predicted octanol–water partition coefficient (Wildman–Crippen LogP) is 4.29. The van der Waals surface area contributed by atoms with Gasteiger partial charge in [-0.15, -0.1) is 0 Å². The number of hydrogen-bond donors (Lipinski definition) is 1. The van der Waals surface area contributed by atoms with Crippen LogP contribution in [0.5, 0.6) is 0 Å². The van der Waals surface area contributed by atoms with Gasteiger partial charge in [0.1, 0.15) is 0 Å². The highest BCUT2D eigenvalue weighted by Crippen LogP contribution is 2.31. The molecule has 0 aliphatic heterocycles. The standard InChI is InChI=1S/C16H18BrN/c1-11-7-8-12(2)15(9-11)16(3,18)13-5-4-6-14(17)10-13/h4-10H,18H2,1-3H3. The summed E-state index contributed by atoms with van der Waals surface area (Å²) in [6.07, 6.45) is 0. The Hall–Kier alpha value is -1.12. The fourth-order valence-corrected chi connectivity index (χ4v) is 2.66. The van der Waals surface area contributed by atoms with Crippen molar-refractivity contribution in [2.75, 3.05) is 0 Å². The van der Waals surface area contributed by atoms with Gasteiger partial charge in [0, 0.05) is 4.47 Å². The Labute approximate surface area is 117 Å². The maximum atomic E-state index is 6.58. The van der Waals surface area contributed by atoms with Crippen molar-refractivity contribution in [2.45, 2.75) is 26.3 Å². The van der Waals surface area contributed by atoms with Crippen molar-refractivity contribution < 1.29 is 0 Å². The first-order chi connectivity index (χ1) is 8.41. The number of nitrogens with two attached hydrogens (primary N) is 1. The first-order valence-corrected chi connectivity index (χ1v) is 6.83. The lowest BCUT2D eigenvalue weighted by Crippen LogP contribution is -2.35. The molecular weight excluding hydrogens is 286 g/mol. The van der Waals surface area contributed by atoms with Gasteiger partial charge in [-0.25, -0.2) is 0 Å². The van der Waals surface area contributed by atoms with Gasteiger partial charge in [0.2, 0.25) is 0 Å². The highest BCUT2D eigenvalue weighted by Gasteiger charge is 2.25. The van der Waals surface area contributed by atoms with Crippen LogP contribution in [0.4, 0.5) is 0 Å². The molecule has 2 heteroatoms. The Morgan fingerprint density at radius 2 is 1.78 bits per heavy atom. The summed E-state index contributed by atoms with van der Waals surface area (Å²) in [5.74, 6) is 0. The van der Waals surface area contributed by atoms with E-state index in [1.165, 1.54) is 16.7 Å². The molecule has 1 atom stereocenters. The zero-order valence-corrected chi connectivity index (χ0v) is 12.6. The average molecular weight is 304 g/mol. The van der Waals surface area contributed by atoms with Gasteiger partial charge in [0.15, 0.2) is 0 Å². The van der Waals surface area contributed by atoms with E-state index < -0.39 is 5.54 Å². The van der Waals surface area contributed by atoms with E-state index in [4.69, 9.17) is 5.73 Å². The molecule has 0 heterocycles. The highest BCUT2D eigenvalue weighted by atomic mass is 79.9. The summed E-state index contributed by atoms with van der Waals surface area (Å²) in [5, 5.41) is 0. The molecule has 2 aromatic rings. The summed E-state index contributed by atoms with van der Waals surface area (Å²) in [4.78, 5) is 0. The second-order valence-corrected chi connectivity index (χ2v) is 5.95. The van der Waals surface area contributed by atoms with Crippen LogP contribution >= 0.6 is 15.9 Å². The van der Waals surface area contributed by atoms with Crippen molar-refractivity contribution in [3.05, 3.63) is 69.2 Å². The number of aryl methyl sites for hydroxylation is 2. The molecule has 0 fully saturated rings. The maximum absolute atomic E-state index is 6.58. The zero-order chi connectivity index (χ0) is 13.3. The van der Waals surface area contributed by atoms with E-state index in [-0.39, 0.29) is 0 Å². The van der Waals surface area contributed by atoms with Crippen molar-refractivity contribution in [1.29, 1.82) is 0 Å². The van der Waals surface area contributed by atoms with Crippen LogP contribution in [0.2, 0.25) is 0 Å². The molecule has 0 spiro atoms. The predicted molar refractivity (Wildman–Crippen MR) is 80.7 cm³/mol. The zero-order valence-electron chi connectivity index (χ0n) is 11.0. The molecule has 2 aromatic carbocycles. The van der Waals surface area contributed by atoms with Crippen molar-refractivity contribution in [2.24, 2.45) is 5.73 Å². The largest absolute Gasteiger partial charge is 0.318 e. The molecule has 2 N–H and O–H groups in total. The topological polar surface area (TPSA) is 26.0 Å². The van der Waals surface area contributed by atoms with Gasteiger partial charge in [-0.05, 0) is 49.6 Å². The van der Waals surface area contributed by atoms with Crippen molar-refractivity contribution in [3.63, 3.8) is 0 Å². The molecule has 0 saturated carbocycles. The second-order valence-electron chi connectivity index (χ2n) is 5.03. The average Bonchev–Trinajstić information content (AvgIpc) is 2.32. The van der Waals surface area contributed by atoms with E-state index in [1.807, 2.05) is 12.1 Å². The van der Waals surface area contributed by atoms with Crippen LogP contribution in [0, 0.1) is 13.8 Å². The van der Waals surface area contributed by atoms with E-state index in [9.17, 15) is 0 Å². The van der Waals surface area contributed by atoms with Crippen LogP contribution in [0.1, 0.15) is 29.2 Å². The third-order valence-electron chi connectivity index (χ3n) is 3.38. The summed E-state index contributed by atoms with van der Waals surface area (Å²) in [6.45, 7) is 6.27. The normalized spacial score (nSPS) is 14.3. The number of benzene rings is 2. The molecule has 2 rings (SSSR count). The highest BCUT2D eigenvalue weighted by molar-refractivity contribution is 9.10. The molecule has 94 valence electrons. The quantitative estimate of drug-likeness (QED) is 0.880. The second kappa shape index (κ2) is 4.87. The summed E-state index contributed by atoms with van der Waals surface area (Å²) < 4.78 is 1.06. The van der Waals surface area contributed by atoms with Crippen molar-refractivity contribution in [1.82, 2.24) is 0 Å². The van der Waals surface area contributed by atoms with Gasteiger partial charge in [0.05, 0.1) is 5.54 Å². The van der Waals surface area contributed by atoms with Crippen LogP contribution in [0.15, 0.2) is 46.9 Å². The lowest BCUT2D eigenvalue weighted by molar-refractivity contribution is 0.598.